The zero-order chi connectivity index (χ0) is 17.1. The van der Waals surface area contributed by atoms with Gasteiger partial charge in [-0.3, -0.25) is 4.90 Å². The van der Waals surface area contributed by atoms with Crippen LogP contribution in [0.4, 0.5) is 0 Å². The molecule has 0 radical (unpaired) electrons. The van der Waals surface area contributed by atoms with Gasteiger partial charge in [0, 0.05) is 32.2 Å². The Morgan fingerprint density at radius 1 is 0.875 bits per heavy atom. The van der Waals surface area contributed by atoms with Gasteiger partial charge in [-0.05, 0) is 72.3 Å². The summed E-state index contributed by atoms with van der Waals surface area (Å²) < 4.78 is 12.3. The van der Waals surface area contributed by atoms with E-state index >= 15 is 0 Å². The van der Waals surface area contributed by atoms with E-state index in [2.05, 4.69) is 37.6 Å². The van der Waals surface area contributed by atoms with Gasteiger partial charge in [-0.2, -0.15) is 0 Å². The largest absolute Gasteiger partial charge is 0.375 e. The van der Waals surface area contributed by atoms with E-state index in [-0.39, 0.29) is 0 Å². The van der Waals surface area contributed by atoms with Crippen molar-refractivity contribution in [2.24, 2.45) is 5.92 Å². The fourth-order valence-electron chi connectivity index (χ4n) is 4.59. The number of hydrogen-bond acceptors (Lipinski definition) is 4. The molecule has 0 N–H and O–H groups in total. The molecule has 4 nitrogen and oxygen atoms in total. The normalized spacial score (nSPS) is 32.4. The summed E-state index contributed by atoms with van der Waals surface area (Å²) in [5, 5.41) is 0. The second-order valence-corrected chi connectivity index (χ2v) is 8.67. The summed E-state index contributed by atoms with van der Waals surface area (Å²) in [7, 11) is 2.21. The molecule has 0 amide bonds. The van der Waals surface area contributed by atoms with Crippen molar-refractivity contribution in [3.63, 3.8) is 0 Å². The van der Waals surface area contributed by atoms with Crippen LogP contribution in [0.2, 0.25) is 0 Å². The summed E-state index contributed by atoms with van der Waals surface area (Å²) in [6, 6.07) is 0.827. The first-order valence-corrected chi connectivity index (χ1v) is 10.2. The van der Waals surface area contributed by atoms with Crippen LogP contribution in [-0.2, 0) is 9.47 Å². The predicted molar refractivity (Wildman–Crippen MR) is 98.4 cm³/mol. The van der Waals surface area contributed by atoms with Gasteiger partial charge in [-0.15, -0.1) is 0 Å². The molecular formula is C20H38N2O2. The van der Waals surface area contributed by atoms with Gasteiger partial charge in [0.25, 0.3) is 0 Å². The third-order valence-electron chi connectivity index (χ3n) is 6.02. The Bertz CT molecular complexity index is 374. The lowest BCUT2D eigenvalue weighted by atomic mass is 10.1. The van der Waals surface area contributed by atoms with Gasteiger partial charge in [-0.1, -0.05) is 0 Å². The van der Waals surface area contributed by atoms with Crippen molar-refractivity contribution < 1.29 is 9.47 Å². The van der Waals surface area contributed by atoms with Crippen molar-refractivity contribution in [1.29, 1.82) is 0 Å². The Morgan fingerprint density at radius 2 is 1.46 bits per heavy atom. The smallest absolute Gasteiger partial charge is 0.0603 e. The molecule has 3 aliphatic rings. The van der Waals surface area contributed by atoms with Gasteiger partial charge in [0.2, 0.25) is 0 Å². The van der Waals surface area contributed by atoms with Crippen LogP contribution in [0, 0.1) is 5.92 Å². The van der Waals surface area contributed by atoms with Crippen LogP contribution in [0.25, 0.3) is 0 Å². The third kappa shape index (κ3) is 5.42. The first-order valence-electron chi connectivity index (χ1n) is 10.2. The first-order chi connectivity index (χ1) is 11.5. The molecule has 1 saturated carbocycles. The maximum Gasteiger partial charge on any atom is 0.0603 e. The van der Waals surface area contributed by atoms with Gasteiger partial charge in [0.15, 0.2) is 0 Å². The number of piperidine rings is 2. The minimum absolute atomic E-state index is 0.368. The van der Waals surface area contributed by atoms with Gasteiger partial charge < -0.3 is 14.4 Å². The summed E-state index contributed by atoms with van der Waals surface area (Å²) in [5.41, 5.74) is 0. The molecule has 1 aliphatic carbocycles. The van der Waals surface area contributed by atoms with E-state index in [1.807, 2.05) is 0 Å². The molecule has 3 unspecified atom stereocenters. The van der Waals surface area contributed by atoms with E-state index in [1.54, 1.807) is 0 Å². The highest BCUT2D eigenvalue weighted by molar-refractivity contribution is 4.97. The van der Waals surface area contributed by atoms with Gasteiger partial charge >= 0.3 is 0 Å². The Hall–Kier alpha value is -0.160. The van der Waals surface area contributed by atoms with Crippen LogP contribution in [0.15, 0.2) is 0 Å². The summed E-state index contributed by atoms with van der Waals surface area (Å²) in [6.07, 6.45) is 9.25. The fraction of sp³-hybridized carbons (Fsp3) is 1.00. The second kappa shape index (κ2) is 8.48. The van der Waals surface area contributed by atoms with Crippen LogP contribution >= 0.6 is 0 Å². The van der Waals surface area contributed by atoms with E-state index in [1.165, 1.54) is 64.7 Å². The van der Waals surface area contributed by atoms with Gasteiger partial charge in [0.05, 0.1) is 24.4 Å². The highest BCUT2D eigenvalue weighted by atomic mass is 16.5. The number of ether oxygens (including phenoxy) is 2. The zero-order valence-corrected chi connectivity index (χ0v) is 16.2. The maximum absolute atomic E-state index is 6.32. The molecule has 0 aromatic rings. The van der Waals surface area contributed by atoms with E-state index < -0.39 is 0 Å². The van der Waals surface area contributed by atoms with Gasteiger partial charge in [-0.25, -0.2) is 0 Å². The van der Waals surface area contributed by atoms with Crippen LogP contribution in [0.3, 0.4) is 0 Å². The summed E-state index contributed by atoms with van der Waals surface area (Å²) in [4.78, 5) is 5.13. The highest BCUT2D eigenvalue weighted by Crippen LogP contribution is 2.41. The Labute approximate surface area is 148 Å². The molecule has 2 saturated heterocycles. The molecule has 3 atom stereocenters. The molecule has 24 heavy (non-hydrogen) atoms. The molecule has 2 aliphatic heterocycles. The third-order valence-corrected chi connectivity index (χ3v) is 6.02. The fourth-order valence-corrected chi connectivity index (χ4v) is 4.59. The molecule has 0 bridgehead atoms. The van der Waals surface area contributed by atoms with Crippen LogP contribution in [0.5, 0.6) is 0 Å². The molecule has 0 spiro atoms. The average Bonchev–Trinajstić information content (AvgIpc) is 3.29. The quantitative estimate of drug-likeness (QED) is 0.712. The molecule has 140 valence electrons. The molecule has 2 heterocycles. The Balaban J connectivity index is 1.31. The minimum Gasteiger partial charge on any atom is -0.375 e. The van der Waals surface area contributed by atoms with Crippen molar-refractivity contribution >= 4 is 0 Å². The van der Waals surface area contributed by atoms with Crippen molar-refractivity contribution in [2.45, 2.75) is 89.8 Å². The van der Waals surface area contributed by atoms with E-state index in [9.17, 15) is 0 Å². The van der Waals surface area contributed by atoms with Gasteiger partial charge in [0.1, 0.15) is 0 Å². The first kappa shape index (κ1) is 18.6. The number of likely N-dealkylation sites (tertiary alicyclic amines) is 2. The monoisotopic (exact) mass is 338 g/mol. The Kier molecular flexibility index (Phi) is 6.58. The van der Waals surface area contributed by atoms with Crippen molar-refractivity contribution in [3.8, 4) is 0 Å². The Morgan fingerprint density at radius 3 is 2.08 bits per heavy atom. The molecule has 0 aromatic carbocycles. The molecule has 4 heteroatoms. The topological polar surface area (TPSA) is 24.9 Å². The van der Waals surface area contributed by atoms with Crippen molar-refractivity contribution in [3.05, 3.63) is 0 Å². The lowest BCUT2D eigenvalue weighted by molar-refractivity contribution is -0.0400. The minimum atomic E-state index is 0.368. The molecule has 3 fully saturated rings. The van der Waals surface area contributed by atoms with Crippen LogP contribution in [-0.4, -0.2) is 73.5 Å². The maximum atomic E-state index is 6.32. The standard InChI is InChI=1S/C20H38N2O2/c1-15(2)23-18-7-11-22(12-8-18)20-14-17(20)13-16(3)24-19-5-9-21(4)10-6-19/h15-20H,5-14H2,1-4H3. The van der Waals surface area contributed by atoms with Crippen LogP contribution in [0.1, 0.15) is 59.3 Å². The summed E-state index contributed by atoms with van der Waals surface area (Å²) in [6.45, 7) is 11.4. The lowest BCUT2D eigenvalue weighted by Gasteiger charge is -2.33. The number of hydrogen-bond donors (Lipinski definition) is 0. The average molecular weight is 339 g/mol. The predicted octanol–water partition coefficient (Wildman–Crippen LogP) is 3.15. The second-order valence-electron chi connectivity index (χ2n) is 8.67. The lowest BCUT2D eigenvalue weighted by Crippen LogP contribution is -2.40. The van der Waals surface area contributed by atoms with E-state index in [4.69, 9.17) is 9.47 Å². The highest BCUT2D eigenvalue weighted by Gasteiger charge is 2.43. The summed E-state index contributed by atoms with van der Waals surface area (Å²) >= 11 is 0. The van der Waals surface area contributed by atoms with Crippen molar-refractivity contribution in [2.75, 3.05) is 33.2 Å². The molecular weight excluding hydrogens is 300 g/mol. The van der Waals surface area contributed by atoms with E-state index in [0.717, 1.165) is 12.0 Å². The molecule has 0 aromatic heterocycles. The SMILES string of the molecule is CC(C)OC1CCN(C2CC2CC(C)OC2CCN(C)CC2)CC1. The molecule has 3 rings (SSSR count). The van der Waals surface area contributed by atoms with Crippen LogP contribution < -0.4 is 0 Å². The number of nitrogens with zero attached hydrogens (tertiary/aromatic N) is 2. The van der Waals surface area contributed by atoms with E-state index in [0.29, 0.717) is 24.4 Å². The van der Waals surface area contributed by atoms with Crippen molar-refractivity contribution in [1.82, 2.24) is 9.80 Å². The zero-order valence-electron chi connectivity index (χ0n) is 16.2. The summed E-state index contributed by atoms with van der Waals surface area (Å²) in [5.74, 6) is 0.869. The number of rotatable bonds is 7.